The number of hydrogen-bond donors (Lipinski definition) is 0. The largest absolute Gasteiger partial charge is 0.477 e. The number of aliphatic imine (C=N–C) groups is 1. The number of nitrogens with zero attached hydrogens (tertiary/aromatic N) is 1. The van der Waals surface area contributed by atoms with Gasteiger partial charge in [0.05, 0.1) is 12.6 Å². The third-order valence-corrected chi connectivity index (χ3v) is 7.81. The second-order valence-corrected chi connectivity index (χ2v) is 10.7. The molecule has 1 aliphatic heterocycles. The Morgan fingerprint density at radius 3 is 1.93 bits per heavy atom. The molecule has 1 aliphatic rings. The number of rotatable bonds is 4. The standard InChI is InChI=1S/C26H28NOP/c1-26(2,3)24-18-19-28-25(27-24)22-16-10-11-17-23(22)29(20-12-6-4-7-13-20)21-14-8-5-9-15-21/h4-17,24H,18-19H2,1-3H3/t24-/m1/s1. The quantitative estimate of drug-likeness (QED) is 0.562. The highest BCUT2D eigenvalue weighted by Crippen LogP contribution is 2.35. The maximum atomic E-state index is 6.11. The zero-order valence-electron chi connectivity index (χ0n) is 17.4. The molecule has 0 aliphatic carbocycles. The second-order valence-electron chi connectivity index (χ2n) is 8.48. The van der Waals surface area contributed by atoms with E-state index in [1.165, 1.54) is 15.9 Å². The van der Waals surface area contributed by atoms with E-state index < -0.39 is 7.92 Å². The Bertz CT molecular complexity index is 937. The normalized spacial score (nSPS) is 17.0. The maximum Gasteiger partial charge on any atom is 0.217 e. The van der Waals surface area contributed by atoms with E-state index in [0.717, 1.165) is 24.5 Å². The van der Waals surface area contributed by atoms with E-state index in [1.807, 2.05) is 0 Å². The third-order valence-electron chi connectivity index (χ3n) is 5.31. The summed E-state index contributed by atoms with van der Waals surface area (Å²) in [7, 11) is -0.695. The van der Waals surface area contributed by atoms with Crippen LogP contribution in [0.5, 0.6) is 0 Å². The van der Waals surface area contributed by atoms with Gasteiger partial charge in [-0.15, -0.1) is 0 Å². The summed E-state index contributed by atoms with van der Waals surface area (Å²) in [4.78, 5) is 5.06. The summed E-state index contributed by atoms with van der Waals surface area (Å²) < 4.78 is 6.11. The van der Waals surface area contributed by atoms with Gasteiger partial charge in [-0.2, -0.15) is 0 Å². The molecule has 0 spiro atoms. The summed E-state index contributed by atoms with van der Waals surface area (Å²) in [5.41, 5.74) is 1.26. The van der Waals surface area contributed by atoms with Crippen LogP contribution in [0.2, 0.25) is 0 Å². The first-order chi connectivity index (χ1) is 14.0. The van der Waals surface area contributed by atoms with Gasteiger partial charge in [-0.05, 0) is 35.3 Å². The Labute approximate surface area is 175 Å². The Morgan fingerprint density at radius 1 is 0.793 bits per heavy atom. The molecule has 0 saturated heterocycles. The zero-order chi connectivity index (χ0) is 20.3. The summed E-state index contributed by atoms with van der Waals surface area (Å²) in [5, 5.41) is 3.98. The van der Waals surface area contributed by atoms with Crippen LogP contribution in [0.15, 0.2) is 89.9 Å². The van der Waals surface area contributed by atoms with E-state index in [9.17, 15) is 0 Å². The van der Waals surface area contributed by atoms with Gasteiger partial charge < -0.3 is 4.74 Å². The maximum absolute atomic E-state index is 6.11. The predicted molar refractivity (Wildman–Crippen MR) is 125 cm³/mol. The van der Waals surface area contributed by atoms with E-state index in [-0.39, 0.29) is 11.5 Å². The minimum absolute atomic E-state index is 0.133. The molecule has 3 heteroatoms. The summed E-state index contributed by atoms with van der Waals surface area (Å²) >= 11 is 0. The van der Waals surface area contributed by atoms with Crippen LogP contribution in [0.25, 0.3) is 0 Å². The molecule has 0 amide bonds. The summed E-state index contributed by atoms with van der Waals surface area (Å²) in [6.07, 6.45) is 0.974. The van der Waals surface area contributed by atoms with Gasteiger partial charge >= 0.3 is 0 Å². The van der Waals surface area contributed by atoms with Crippen molar-refractivity contribution in [1.82, 2.24) is 0 Å². The van der Waals surface area contributed by atoms with E-state index in [0.29, 0.717) is 0 Å². The monoisotopic (exact) mass is 401 g/mol. The Balaban J connectivity index is 1.85. The Kier molecular flexibility index (Phi) is 5.83. The van der Waals surface area contributed by atoms with Crippen LogP contribution in [-0.4, -0.2) is 18.5 Å². The molecule has 0 bridgehead atoms. The van der Waals surface area contributed by atoms with Crippen LogP contribution in [0, 0.1) is 5.41 Å². The minimum atomic E-state index is -0.695. The molecule has 0 radical (unpaired) electrons. The molecule has 29 heavy (non-hydrogen) atoms. The van der Waals surface area contributed by atoms with E-state index in [2.05, 4.69) is 106 Å². The summed E-state index contributed by atoms with van der Waals surface area (Å²) in [5.74, 6) is 0.797. The minimum Gasteiger partial charge on any atom is -0.477 e. The highest BCUT2D eigenvalue weighted by atomic mass is 31.1. The van der Waals surface area contributed by atoms with Gasteiger partial charge in [0, 0.05) is 12.0 Å². The molecule has 3 aromatic rings. The fraction of sp³-hybridized carbons (Fsp3) is 0.269. The lowest BCUT2D eigenvalue weighted by molar-refractivity contribution is 0.203. The molecule has 0 fully saturated rings. The molecule has 1 atom stereocenters. The molecule has 0 N–H and O–H groups in total. The van der Waals surface area contributed by atoms with Gasteiger partial charge in [0.25, 0.3) is 0 Å². The average molecular weight is 401 g/mol. The van der Waals surface area contributed by atoms with Gasteiger partial charge in [0.2, 0.25) is 5.90 Å². The molecule has 3 aromatic carbocycles. The highest BCUT2D eigenvalue weighted by Gasteiger charge is 2.30. The summed E-state index contributed by atoms with van der Waals surface area (Å²) in [6.45, 7) is 7.51. The van der Waals surface area contributed by atoms with Crippen LogP contribution < -0.4 is 15.9 Å². The molecule has 0 unspecified atom stereocenters. The van der Waals surface area contributed by atoms with Gasteiger partial charge in [-0.25, -0.2) is 4.99 Å². The van der Waals surface area contributed by atoms with Crippen molar-refractivity contribution >= 4 is 29.7 Å². The van der Waals surface area contributed by atoms with Crippen molar-refractivity contribution in [3.63, 3.8) is 0 Å². The van der Waals surface area contributed by atoms with E-state index in [1.54, 1.807) is 0 Å². The second kappa shape index (κ2) is 8.51. The highest BCUT2D eigenvalue weighted by molar-refractivity contribution is 7.80. The molecule has 1 heterocycles. The first-order valence-electron chi connectivity index (χ1n) is 10.2. The van der Waals surface area contributed by atoms with Crippen molar-refractivity contribution in [2.75, 3.05) is 6.61 Å². The smallest absolute Gasteiger partial charge is 0.217 e. The van der Waals surface area contributed by atoms with Crippen molar-refractivity contribution in [1.29, 1.82) is 0 Å². The lowest BCUT2D eigenvalue weighted by Crippen LogP contribution is -2.34. The SMILES string of the molecule is CC(C)(C)[C@H]1CCOC(c2ccccc2P(c2ccccc2)c2ccccc2)=N1. The van der Waals surface area contributed by atoms with E-state index >= 15 is 0 Å². The zero-order valence-corrected chi connectivity index (χ0v) is 18.3. The molecule has 0 saturated carbocycles. The van der Waals surface area contributed by atoms with Crippen LogP contribution in [0.4, 0.5) is 0 Å². The van der Waals surface area contributed by atoms with Crippen molar-refractivity contribution in [2.45, 2.75) is 33.2 Å². The van der Waals surface area contributed by atoms with Crippen molar-refractivity contribution < 1.29 is 4.74 Å². The molecule has 2 nitrogen and oxygen atoms in total. The molecule has 148 valence electrons. The Morgan fingerprint density at radius 2 is 1.34 bits per heavy atom. The number of benzene rings is 3. The van der Waals surface area contributed by atoms with Gasteiger partial charge in [0.1, 0.15) is 0 Å². The topological polar surface area (TPSA) is 21.6 Å². The van der Waals surface area contributed by atoms with Crippen molar-refractivity contribution in [3.05, 3.63) is 90.5 Å². The van der Waals surface area contributed by atoms with Gasteiger partial charge in [0.15, 0.2) is 0 Å². The van der Waals surface area contributed by atoms with E-state index in [4.69, 9.17) is 9.73 Å². The van der Waals surface area contributed by atoms with Gasteiger partial charge in [-0.3, -0.25) is 0 Å². The van der Waals surface area contributed by atoms with Crippen molar-refractivity contribution in [2.24, 2.45) is 10.4 Å². The summed E-state index contributed by atoms with van der Waals surface area (Å²) in [6, 6.07) is 30.5. The first-order valence-corrected chi connectivity index (χ1v) is 11.6. The predicted octanol–water partition coefficient (Wildman–Crippen LogP) is 5.03. The average Bonchev–Trinajstić information content (AvgIpc) is 2.75. The molecular formula is C26H28NOP. The molecule has 0 aromatic heterocycles. The van der Waals surface area contributed by atoms with Crippen LogP contribution in [0.1, 0.15) is 32.8 Å². The molecular weight excluding hydrogens is 373 g/mol. The van der Waals surface area contributed by atoms with Crippen LogP contribution in [0.3, 0.4) is 0 Å². The van der Waals surface area contributed by atoms with Crippen LogP contribution >= 0.6 is 7.92 Å². The van der Waals surface area contributed by atoms with Crippen molar-refractivity contribution in [3.8, 4) is 0 Å². The fourth-order valence-corrected chi connectivity index (χ4v) is 6.16. The lowest BCUT2D eigenvalue weighted by atomic mass is 9.85. The number of ether oxygens (including phenoxy) is 1. The van der Waals surface area contributed by atoms with Gasteiger partial charge in [-0.1, -0.05) is 99.6 Å². The first kappa shape index (κ1) is 19.9. The Hall–Kier alpha value is -2.44. The van der Waals surface area contributed by atoms with Crippen LogP contribution in [-0.2, 0) is 4.74 Å². The third kappa shape index (κ3) is 4.43. The fourth-order valence-electron chi connectivity index (χ4n) is 3.72. The number of hydrogen-bond acceptors (Lipinski definition) is 2. The lowest BCUT2D eigenvalue weighted by Gasteiger charge is -2.32. The molecule has 4 rings (SSSR count).